The Bertz CT molecular complexity index is 396. The monoisotopic (exact) mass is 269 g/mol. The van der Waals surface area contributed by atoms with Crippen molar-refractivity contribution in [1.82, 2.24) is 5.32 Å². The first-order valence-corrected chi connectivity index (χ1v) is 6.63. The summed E-state index contributed by atoms with van der Waals surface area (Å²) in [7, 11) is 0. The van der Waals surface area contributed by atoms with Gasteiger partial charge in [0.2, 0.25) is 0 Å². The molecule has 5 heteroatoms. The number of aliphatic hydroxyl groups is 1. The first kappa shape index (κ1) is 14.2. The quantitative estimate of drug-likeness (QED) is 0.667. The van der Waals surface area contributed by atoms with E-state index in [2.05, 4.69) is 5.32 Å². The van der Waals surface area contributed by atoms with E-state index in [1.807, 2.05) is 0 Å². The van der Waals surface area contributed by atoms with Crippen LogP contribution in [0, 0.1) is 5.82 Å². The smallest absolute Gasteiger partial charge is 0.124 e. The van der Waals surface area contributed by atoms with Crippen molar-refractivity contribution in [1.29, 1.82) is 0 Å². The highest BCUT2D eigenvalue weighted by molar-refractivity contribution is 5.34. The van der Waals surface area contributed by atoms with Gasteiger partial charge < -0.3 is 19.9 Å². The lowest BCUT2D eigenvalue weighted by atomic mass is 10.2. The third-order valence-electron chi connectivity index (χ3n) is 2.90. The molecule has 1 aromatic carbocycles. The molecule has 0 heterocycles. The molecule has 1 aliphatic carbocycles. The van der Waals surface area contributed by atoms with Crippen molar-refractivity contribution >= 4 is 0 Å². The van der Waals surface area contributed by atoms with Crippen LogP contribution in [-0.2, 0) is 11.3 Å². The molecule has 1 fully saturated rings. The van der Waals surface area contributed by atoms with Gasteiger partial charge in [-0.25, -0.2) is 4.39 Å². The fourth-order valence-electron chi connectivity index (χ4n) is 1.75. The molecule has 0 bridgehead atoms. The van der Waals surface area contributed by atoms with Crippen LogP contribution in [0.3, 0.4) is 0 Å². The third kappa shape index (κ3) is 5.14. The van der Waals surface area contributed by atoms with Gasteiger partial charge in [0, 0.05) is 18.2 Å². The van der Waals surface area contributed by atoms with E-state index in [1.165, 1.54) is 25.0 Å². The molecular weight excluding hydrogens is 249 g/mol. The summed E-state index contributed by atoms with van der Waals surface area (Å²) in [5, 5.41) is 11.9. The largest absolute Gasteiger partial charge is 0.491 e. The second-order valence-electron chi connectivity index (χ2n) is 4.59. The maximum absolute atomic E-state index is 13.2. The van der Waals surface area contributed by atoms with E-state index in [9.17, 15) is 4.39 Å². The van der Waals surface area contributed by atoms with E-state index in [-0.39, 0.29) is 12.4 Å². The van der Waals surface area contributed by atoms with Gasteiger partial charge in [0.1, 0.15) is 18.2 Å². The fraction of sp³-hybridized carbons (Fsp3) is 0.571. The zero-order valence-corrected chi connectivity index (χ0v) is 10.9. The van der Waals surface area contributed by atoms with E-state index >= 15 is 0 Å². The Labute approximate surface area is 112 Å². The molecule has 0 spiro atoms. The van der Waals surface area contributed by atoms with Gasteiger partial charge in [0.05, 0.1) is 19.8 Å². The number of halogens is 1. The van der Waals surface area contributed by atoms with Crippen molar-refractivity contribution in [3.05, 3.63) is 29.6 Å². The van der Waals surface area contributed by atoms with E-state index in [0.29, 0.717) is 38.2 Å². The highest BCUT2D eigenvalue weighted by Gasteiger charge is 2.20. The van der Waals surface area contributed by atoms with Crippen LogP contribution < -0.4 is 10.1 Å². The third-order valence-corrected chi connectivity index (χ3v) is 2.90. The lowest BCUT2D eigenvalue weighted by Crippen LogP contribution is -2.17. The Kier molecular flexibility index (Phi) is 5.57. The van der Waals surface area contributed by atoms with Crippen LogP contribution in [0.2, 0.25) is 0 Å². The normalized spacial score (nSPS) is 14.6. The number of aliphatic hydroxyl groups excluding tert-OH is 1. The molecule has 0 saturated heterocycles. The second-order valence-corrected chi connectivity index (χ2v) is 4.59. The van der Waals surface area contributed by atoms with Gasteiger partial charge in [0.25, 0.3) is 0 Å². The second kappa shape index (κ2) is 7.43. The van der Waals surface area contributed by atoms with Gasteiger partial charge in [-0.2, -0.15) is 0 Å². The standard InChI is InChI=1S/C14H20FNO3/c15-12-1-4-14(19-8-7-18-6-5-17)11(9-12)10-16-13-2-3-13/h1,4,9,13,16-17H,2-3,5-8,10H2. The highest BCUT2D eigenvalue weighted by Crippen LogP contribution is 2.23. The molecular formula is C14H20FNO3. The first-order valence-electron chi connectivity index (χ1n) is 6.63. The zero-order valence-electron chi connectivity index (χ0n) is 10.9. The molecule has 19 heavy (non-hydrogen) atoms. The first-order chi connectivity index (χ1) is 9.29. The molecule has 0 radical (unpaired) electrons. The lowest BCUT2D eigenvalue weighted by Gasteiger charge is -2.12. The average molecular weight is 269 g/mol. The van der Waals surface area contributed by atoms with Crippen molar-refractivity contribution in [2.45, 2.75) is 25.4 Å². The van der Waals surface area contributed by atoms with Gasteiger partial charge in [-0.05, 0) is 31.0 Å². The number of hydrogen-bond acceptors (Lipinski definition) is 4. The molecule has 0 atom stereocenters. The maximum Gasteiger partial charge on any atom is 0.124 e. The van der Waals surface area contributed by atoms with Gasteiger partial charge in [-0.3, -0.25) is 0 Å². The SMILES string of the molecule is OCCOCCOc1ccc(F)cc1CNC1CC1. The van der Waals surface area contributed by atoms with Gasteiger partial charge >= 0.3 is 0 Å². The van der Waals surface area contributed by atoms with E-state index in [1.54, 1.807) is 6.07 Å². The van der Waals surface area contributed by atoms with Crippen molar-refractivity contribution in [2.24, 2.45) is 0 Å². The Morgan fingerprint density at radius 2 is 2.11 bits per heavy atom. The minimum Gasteiger partial charge on any atom is -0.491 e. The number of ether oxygens (including phenoxy) is 2. The average Bonchev–Trinajstić information content (AvgIpc) is 3.22. The van der Waals surface area contributed by atoms with Crippen molar-refractivity contribution in [3.63, 3.8) is 0 Å². The lowest BCUT2D eigenvalue weighted by molar-refractivity contribution is 0.0702. The molecule has 1 aromatic rings. The van der Waals surface area contributed by atoms with Crippen molar-refractivity contribution in [2.75, 3.05) is 26.4 Å². The summed E-state index contributed by atoms with van der Waals surface area (Å²) in [4.78, 5) is 0. The van der Waals surface area contributed by atoms with Crippen LogP contribution >= 0.6 is 0 Å². The van der Waals surface area contributed by atoms with Gasteiger partial charge in [0.15, 0.2) is 0 Å². The molecule has 4 nitrogen and oxygen atoms in total. The van der Waals surface area contributed by atoms with Gasteiger partial charge in [-0.15, -0.1) is 0 Å². The maximum atomic E-state index is 13.2. The topological polar surface area (TPSA) is 50.7 Å². The van der Waals surface area contributed by atoms with Crippen molar-refractivity contribution in [3.8, 4) is 5.75 Å². The number of nitrogens with one attached hydrogen (secondary N) is 1. The minimum atomic E-state index is -0.253. The molecule has 1 saturated carbocycles. The van der Waals surface area contributed by atoms with E-state index in [4.69, 9.17) is 14.6 Å². The van der Waals surface area contributed by atoms with E-state index < -0.39 is 0 Å². The van der Waals surface area contributed by atoms with Crippen LogP contribution in [-0.4, -0.2) is 37.6 Å². The molecule has 2 rings (SSSR count). The Morgan fingerprint density at radius 1 is 1.26 bits per heavy atom. The summed E-state index contributed by atoms with van der Waals surface area (Å²) in [5.41, 5.74) is 0.828. The summed E-state index contributed by atoms with van der Waals surface area (Å²) >= 11 is 0. The predicted molar refractivity (Wildman–Crippen MR) is 69.7 cm³/mol. The fourth-order valence-corrected chi connectivity index (χ4v) is 1.75. The van der Waals surface area contributed by atoms with Crippen molar-refractivity contribution < 1.29 is 19.0 Å². The molecule has 106 valence electrons. The van der Waals surface area contributed by atoms with Gasteiger partial charge in [-0.1, -0.05) is 0 Å². The molecule has 0 amide bonds. The Morgan fingerprint density at radius 3 is 2.84 bits per heavy atom. The molecule has 0 aromatic heterocycles. The molecule has 2 N–H and O–H groups in total. The summed E-state index contributed by atoms with van der Waals surface area (Å²) in [6.45, 7) is 1.74. The number of hydrogen-bond donors (Lipinski definition) is 2. The van der Waals surface area contributed by atoms with E-state index in [0.717, 1.165) is 5.56 Å². The van der Waals surface area contributed by atoms with Crippen LogP contribution in [0.15, 0.2) is 18.2 Å². The summed E-state index contributed by atoms with van der Waals surface area (Å²) in [5.74, 6) is 0.429. The number of rotatable bonds is 9. The van der Waals surface area contributed by atoms with Crippen LogP contribution in [0.25, 0.3) is 0 Å². The Hall–Kier alpha value is -1.17. The predicted octanol–water partition coefficient (Wildman–Crippen LogP) is 1.47. The zero-order chi connectivity index (χ0) is 13.5. The van der Waals surface area contributed by atoms with Crippen LogP contribution in [0.4, 0.5) is 4.39 Å². The number of benzene rings is 1. The Balaban J connectivity index is 1.82. The summed E-state index contributed by atoms with van der Waals surface area (Å²) in [6.07, 6.45) is 2.39. The summed E-state index contributed by atoms with van der Waals surface area (Å²) in [6, 6.07) is 5.11. The van der Waals surface area contributed by atoms with Crippen LogP contribution in [0.5, 0.6) is 5.75 Å². The molecule has 1 aliphatic rings. The molecule has 0 aliphatic heterocycles. The minimum absolute atomic E-state index is 0.00705. The van der Waals surface area contributed by atoms with Crippen LogP contribution in [0.1, 0.15) is 18.4 Å². The summed E-state index contributed by atoms with van der Waals surface area (Å²) < 4.78 is 23.9. The molecule has 0 unspecified atom stereocenters. The highest BCUT2D eigenvalue weighted by atomic mass is 19.1.